The van der Waals surface area contributed by atoms with Crippen molar-refractivity contribution < 1.29 is 28.2 Å². The first kappa shape index (κ1) is 16.8. The Morgan fingerprint density at radius 3 is 2.43 bits per heavy atom. The van der Waals surface area contributed by atoms with Crippen LogP contribution in [0.2, 0.25) is 0 Å². The summed E-state index contributed by atoms with van der Waals surface area (Å²) in [7, 11) is 0. The minimum atomic E-state index is -1.15. The fraction of sp³-hybridized carbons (Fsp3) is 0.375. The van der Waals surface area contributed by atoms with Crippen LogP contribution in [0.3, 0.4) is 0 Å². The second-order valence-corrected chi connectivity index (χ2v) is 5.29. The predicted molar refractivity (Wildman–Crippen MR) is 78.2 cm³/mol. The molecule has 1 fully saturated rings. The summed E-state index contributed by atoms with van der Waals surface area (Å²) in [6.45, 7) is 5.12. The molecule has 1 aliphatic heterocycles. The topological polar surface area (TPSA) is 73.9 Å². The van der Waals surface area contributed by atoms with Gasteiger partial charge in [0.1, 0.15) is 5.82 Å². The molecular weight excluding hydrogens is 305 g/mol. The zero-order valence-electron chi connectivity index (χ0n) is 13.1. The molecule has 23 heavy (non-hydrogen) atoms. The SMILES string of the molecule is CCOC(C(=O)NCc1ccc(F)cc1)=C1OC(C)(C)OC1=O. The fourth-order valence-corrected chi connectivity index (χ4v) is 1.96. The van der Waals surface area contributed by atoms with Gasteiger partial charge >= 0.3 is 5.97 Å². The Hall–Kier alpha value is -2.57. The molecule has 1 amide bonds. The molecule has 1 saturated heterocycles. The Morgan fingerprint density at radius 1 is 1.26 bits per heavy atom. The van der Waals surface area contributed by atoms with Crippen molar-refractivity contribution in [3.63, 3.8) is 0 Å². The van der Waals surface area contributed by atoms with Gasteiger partial charge in [0, 0.05) is 20.4 Å². The fourth-order valence-electron chi connectivity index (χ4n) is 1.96. The Labute approximate surface area is 133 Å². The van der Waals surface area contributed by atoms with Gasteiger partial charge in [-0.05, 0) is 24.6 Å². The molecule has 1 heterocycles. The number of carbonyl (C=O) groups excluding carboxylic acids is 2. The Kier molecular flexibility index (Phi) is 4.88. The normalized spacial score (nSPS) is 18.0. The van der Waals surface area contributed by atoms with E-state index in [0.29, 0.717) is 5.56 Å². The second-order valence-electron chi connectivity index (χ2n) is 5.29. The average molecular weight is 323 g/mol. The van der Waals surface area contributed by atoms with Crippen molar-refractivity contribution in [2.24, 2.45) is 0 Å². The Bertz CT molecular complexity index is 636. The first-order chi connectivity index (χ1) is 10.8. The largest absolute Gasteiger partial charge is 0.485 e. The highest BCUT2D eigenvalue weighted by molar-refractivity contribution is 6.00. The molecule has 1 aliphatic rings. The molecule has 1 N–H and O–H groups in total. The highest BCUT2D eigenvalue weighted by Gasteiger charge is 2.41. The second kappa shape index (κ2) is 6.68. The smallest absolute Gasteiger partial charge is 0.381 e. The van der Waals surface area contributed by atoms with Gasteiger partial charge in [-0.25, -0.2) is 9.18 Å². The molecule has 0 radical (unpaired) electrons. The lowest BCUT2D eigenvalue weighted by atomic mass is 10.2. The van der Waals surface area contributed by atoms with Crippen molar-refractivity contribution in [1.82, 2.24) is 5.32 Å². The number of hydrogen-bond acceptors (Lipinski definition) is 5. The molecule has 0 unspecified atom stereocenters. The lowest BCUT2D eigenvalue weighted by Gasteiger charge is -2.15. The molecule has 0 atom stereocenters. The lowest BCUT2D eigenvalue weighted by Crippen LogP contribution is -2.28. The zero-order chi connectivity index (χ0) is 17.0. The maximum Gasteiger partial charge on any atom is 0.381 e. The van der Waals surface area contributed by atoms with E-state index in [9.17, 15) is 14.0 Å². The number of esters is 1. The quantitative estimate of drug-likeness (QED) is 0.510. The van der Waals surface area contributed by atoms with E-state index in [2.05, 4.69) is 5.32 Å². The molecule has 0 spiro atoms. The van der Waals surface area contributed by atoms with Crippen molar-refractivity contribution in [3.8, 4) is 0 Å². The first-order valence-electron chi connectivity index (χ1n) is 7.14. The van der Waals surface area contributed by atoms with Gasteiger partial charge in [-0.1, -0.05) is 12.1 Å². The summed E-state index contributed by atoms with van der Waals surface area (Å²) in [5.74, 6) is -3.36. The molecule has 1 aromatic carbocycles. The van der Waals surface area contributed by atoms with Gasteiger partial charge in [0.15, 0.2) is 0 Å². The van der Waals surface area contributed by atoms with Gasteiger partial charge in [-0.2, -0.15) is 0 Å². The van der Waals surface area contributed by atoms with E-state index in [0.717, 1.165) is 0 Å². The Balaban J connectivity index is 2.13. The molecule has 0 aromatic heterocycles. The molecule has 0 saturated carbocycles. The third-order valence-electron chi connectivity index (χ3n) is 2.94. The maximum atomic E-state index is 12.9. The van der Waals surface area contributed by atoms with E-state index in [4.69, 9.17) is 14.2 Å². The molecule has 0 aliphatic carbocycles. The van der Waals surface area contributed by atoms with Gasteiger partial charge < -0.3 is 19.5 Å². The summed E-state index contributed by atoms with van der Waals surface area (Å²) >= 11 is 0. The van der Waals surface area contributed by atoms with Gasteiger partial charge in [-0.3, -0.25) is 4.79 Å². The van der Waals surface area contributed by atoms with Crippen molar-refractivity contribution in [1.29, 1.82) is 0 Å². The minimum absolute atomic E-state index is 0.154. The number of ether oxygens (including phenoxy) is 3. The van der Waals surface area contributed by atoms with Crippen LogP contribution in [0, 0.1) is 5.82 Å². The minimum Gasteiger partial charge on any atom is -0.485 e. The Morgan fingerprint density at radius 2 is 1.91 bits per heavy atom. The number of cyclic esters (lactones) is 1. The summed E-state index contributed by atoms with van der Waals surface area (Å²) in [6.07, 6.45) is 0. The highest BCUT2D eigenvalue weighted by Crippen LogP contribution is 2.29. The number of hydrogen-bond donors (Lipinski definition) is 1. The van der Waals surface area contributed by atoms with E-state index < -0.39 is 17.7 Å². The third-order valence-corrected chi connectivity index (χ3v) is 2.94. The standard InChI is InChI=1S/C16H18FNO5/c1-4-21-12(13-15(20)23-16(2,3)22-13)14(19)18-9-10-5-7-11(17)8-6-10/h5-8H,4,9H2,1-3H3,(H,18,19). The van der Waals surface area contributed by atoms with Crippen molar-refractivity contribution in [3.05, 3.63) is 47.2 Å². The predicted octanol–water partition coefficient (Wildman–Crippen LogP) is 2.00. The number of rotatable bonds is 5. The molecule has 2 rings (SSSR count). The van der Waals surface area contributed by atoms with Crippen molar-refractivity contribution in [2.45, 2.75) is 33.1 Å². The maximum absolute atomic E-state index is 12.9. The van der Waals surface area contributed by atoms with Gasteiger partial charge in [0.25, 0.3) is 11.7 Å². The molecule has 6 nitrogen and oxygen atoms in total. The van der Waals surface area contributed by atoms with Crippen LogP contribution in [0.25, 0.3) is 0 Å². The zero-order valence-corrected chi connectivity index (χ0v) is 13.1. The summed E-state index contributed by atoms with van der Waals surface area (Å²) < 4.78 is 28.4. The van der Waals surface area contributed by atoms with Crippen LogP contribution < -0.4 is 5.32 Å². The summed E-state index contributed by atoms with van der Waals surface area (Å²) in [6, 6.07) is 5.69. The first-order valence-corrected chi connectivity index (χ1v) is 7.14. The molecule has 124 valence electrons. The highest BCUT2D eigenvalue weighted by atomic mass is 19.1. The van der Waals surface area contributed by atoms with E-state index >= 15 is 0 Å². The summed E-state index contributed by atoms with van der Waals surface area (Å²) in [5.41, 5.74) is 0.704. The summed E-state index contributed by atoms with van der Waals surface area (Å²) in [4.78, 5) is 24.1. The van der Waals surface area contributed by atoms with Crippen LogP contribution >= 0.6 is 0 Å². The van der Waals surface area contributed by atoms with Crippen LogP contribution in [-0.2, 0) is 30.3 Å². The van der Waals surface area contributed by atoms with Crippen LogP contribution in [0.1, 0.15) is 26.3 Å². The number of halogens is 1. The van der Waals surface area contributed by atoms with E-state index in [1.807, 2.05) is 0 Å². The number of carbonyl (C=O) groups is 2. The summed E-state index contributed by atoms with van der Waals surface area (Å²) in [5, 5.41) is 2.60. The van der Waals surface area contributed by atoms with Gasteiger partial charge in [-0.15, -0.1) is 0 Å². The third kappa shape index (κ3) is 4.21. The van der Waals surface area contributed by atoms with Crippen LogP contribution in [0.4, 0.5) is 4.39 Å². The monoisotopic (exact) mass is 323 g/mol. The average Bonchev–Trinajstić information content (AvgIpc) is 2.76. The van der Waals surface area contributed by atoms with Crippen LogP contribution in [-0.4, -0.2) is 24.3 Å². The van der Waals surface area contributed by atoms with E-state index in [1.165, 1.54) is 12.1 Å². The molecule has 0 bridgehead atoms. The lowest BCUT2D eigenvalue weighted by molar-refractivity contribution is -0.159. The van der Waals surface area contributed by atoms with Gasteiger partial charge in [0.2, 0.25) is 11.5 Å². The van der Waals surface area contributed by atoms with E-state index in [1.54, 1.807) is 32.9 Å². The van der Waals surface area contributed by atoms with Crippen molar-refractivity contribution in [2.75, 3.05) is 6.61 Å². The molecule has 7 heteroatoms. The van der Waals surface area contributed by atoms with Gasteiger partial charge in [0.05, 0.1) is 6.61 Å². The number of nitrogens with one attached hydrogen (secondary N) is 1. The van der Waals surface area contributed by atoms with Crippen molar-refractivity contribution >= 4 is 11.9 Å². The number of amides is 1. The van der Waals surface area contributed by atoms with E-state index in [-0.39, 0.29) is 30.5 Å². The molecule has 1 aromatic rings. The molecular formula is C16H18FNO5. The van der Waals surface area contributed by atoms with Crippen LogP contribution in [0.5, 0.6) is 0 Å². The number of benzene rings is 1. The van der Waals surface area contributed by atoms with Crippen LogP contribution in [0.15, 0.2) is 35.8 Å².